The lowest BCUT2D eigenvalue weighted by atomic mass is 10.0. The van der Waals surface area contributed by atoms with E-state index < -0.39 is 0 Å². The standard InChI is InChI=1S/C22H22FNO4/c1-15(16-6-8-17(23)9-7-16)13-24-22(25)21-11-10-20(28-21)14-27-19-5-3-4-18(12-19)26-2/h3-12,15H,13-14H2,1-2H3,(H,24,25). The number of rotatable bonds is 8. The van der Waals surface area contributed by atoms with Crippen LogP contribution in [0.15, 0.2) is 65.1 Å². The van der Waals surface area contributed by atoms with Crippen molar-refractivity contribution in [1.82, 2.24) is 5.32 Å². The number of amides is 1. The van der Waals surface area contributed by atoms with Crippen LogP contribution in [0.2, 0.25) is 0 Å². The maximum absolute atomic E-state index is 13.0. The van der Waals surface area contributed by atoms with Crippen LogP contribution >= 0.6 is 0 Å². The summed E-state index contributed by atoms with van der Waals surface area (Å²) >= 11 is 0. The Balaban J connectivity index is 1.51. The molecule has 0 radical (unpaired) electrons. The van der Waals surface area contributed by atoms with E-state index in [0.29, 0.717) is 23.8 Å². The molecule has 1 aromatic heterocycles. The average Bonchev–Trinajstić information content (AvgIpc) is 3.20. The second-order valence-corrected chi connectivity index (χ2v) is 6.40. The Morgan fingerprint density at radius 3 is 2.61 bits per heavy atom. The minimum atomic E-state index is -0.304. The minimum Gasteiger partial charge on any atom is -0.497 e. The molecule has 6 heteroatoms. The van der Waals surface area contributed by atoms with Crippen molar-refractivity contribution in [3.63, 3.8) is 0 Å². The molecule has 0 saturated heterocycles. The predicted molar refractivity (Wildman–Crippen MR) is 103 cm³/mol. The Kier molecular flexibility index (Phi) is 6.32. The van der Waals surface area contributed by atoms with E-state index in [1.165, 1.54) is 12.1 Å². The maximum Gasteiger partial charge on any atom is 0.287 e. The van der Waals surface area contributed by atoms with Gasteiger partial charge in [0.05, 0.1) is 7.11 Å². The third-order valence-corrected chi connectivity index (χ3v) is 4.32. The summed E-state index contributed by atoms with van der Waals surface area (Å²) in [6.45, 7) is 2.58. The second-order valence-electron chi connectivity index (χ2n) is 6.40. The van der Waals surface area contributed by atoms with Gasteiger partial charge in [0.25, 0.3) is 5.91 Å². The van der Waals surface area contributed by atoms with Crippen molar-refractivity contribution in [1.29, 1.82) is 0 Å². The second kappa shape index (κ2) is 9.08. The SMILES string of the molecule is COc1cccc(OCc2ccc(C(=O)NCC(C)c3ccc(F)cc3)o2)c1. The predicted octanol–water partition coefficient (Wildman–Crippen LogP) is 4.54. The summed E-state index contributed by atoms with van der Waals surface area (Å²) < 4.78 is 29.4. The van der Waals surface area contributed by atoms with E-state index >= 15 is 0 Å². The molecule has 0 fully saturated rings. The molecule has 2 aromatic carbocycles. The van der Waals surface area contributed by atoms with Crippen LogP contribution in [0.4, 0.5) is 4.39 Å². The van der Waals surface area contributed by atoms with E-state index in [1.807, 2.05) is 25.1 Å². The van der Waals surface area contributed by atoms with Crippen molar-refractivity contribution in [3.8, 4) is 11.5 Å². The Hall–Kier alpha value is -3.28. The molecule has 1 unspecified atom stereocenters. The number of benzene rings is 2. The summed E-state index contributed by atoms with van der Waals surface area (Å²) in [6, 6.07) is 16.8. The van der Waals surface area contributed by atoms with Gasteiger partial charge in [0.2, 0.25) is 0 Å². The maximum atomic E-state index is 13.0. The molecule has 0 bridgehead atoms. The summed E-state index contributed by atoms with van der Waals surface area (Å²) in [6.07, 6.45) is 0. The zero-order chi connectivity index (χ0) is 19.9. The zero-order valence-corrected chi connectivity index (χ0v) is 15.8. The average molecular weight is 383 g/mol. The molecule has 0 saturated carbocycles. The summed E-state index contributed by atoms with van der Waals surface area (Å²) in [5.41, 5.74) is 0.952. The molecule has 0 spiro atoms. The summed E-state index contributed by atoms with van der Waals surface area (Å²) in [7, 11) is 1.59. The van der Waals surface area contributed by atoms with Gasteiger partial charge in [-0.1, -0.05) is 25.1 Å². The number of methoxy groups -OCH3 is 1. The number of hydrogen-bond acceptors (Lipinski definition) is 4. The van der Waals surface area contributed by atoms with E-state index in [4.69, 9.17) is 13.9 Å². The van der Waals surface area contributed by atoms with Gasteiger partial charge in [0, 0.05) is 12.6 Å². The van der Waals surface area contributed by atoms with Crippen LogP contribution in [0, 0.1) is 5.82 Å². The topological polar surface area (TPSA) is 60.7 Å². The van der Waals surface area contributed by atoms with Crippen molar-refractivity contribution in [2.75, 3.05) is 13.7 Å². The van der Waals surface area contributed by atoms with Gasteiger partial charge in [-0.05, 0) is 47.9 Å². The first kappa shape index (κ1) is 19.5. The van der Waals surface area contributed by atoms with Gasteiger partial charge in [-0.2, -0.15) is 0 Å². The van der Waals surface area contributed by atoms with Gasteiger partial charge >= 0.3 is 0 Å². The third kappa shape index (κ3) is 5.13. The summed E-state index contributed by atoms with van der Waals surface area (Å²) in [5, 5.41) is 2.83. The van der Waals surface area contributed by atoms with E-state index in [1.54, 1.807) is 37.4 Å². The molecule has 1 N–H and O–H groups in total. The van der Waals surface area contributed by atoms with Crippen LogP contribution < -0.4 is 14.8 Å². The molecular weight excluding hydrogens is 361 g/mol. The molecule has 1 amide bonds. The minimum absolute atomic E-state index is 0.0513. The Morgan fingerprint density at radius 2 is 1.86 bits per heavy atom. The molecule has 1 atom stereocenters. The number of ether oxygens (including phenoxy) is 2. The molecule has 3 aromatic rings. The van der Waals surface area contributed by atoms with Crippen molar-refractivity contribution in [2.45, 2.75) is 19.4 Å². The fourth-order valence-corrected chi connectivity index (χ4v) is 2.67. The lowest BCUT2D eigenvalue weighted by molar-refractivity contribution is 0.0920. The number of halogens is 1. The van der Waals surface area contributed by atoms with E-state index in [9.17, 15) is 9.18 Å². The highest BCUT2D eigenvalue weighted by molar-refractivity contribution is 5.91. The van der Waals surface area contributed by atoms with Gasteiger partial charge in [0.1, 0.15) is 29.7 Å². The first-order valence-electron chi connectivity index (χ1n) is 8.94. The molecule has 0 aliphatic carbocycles. The molecule has 0 aliphatic rings. The van der Waals surface area contributed by atoms with E-state index in [0.717, 1.165) is 5.56 Å². The normalized spacial score (nSPS) is 11.7. The van der Waals surface area contributed by atoms with Crippen molar-refractivity contribution in [3.05, 3.63) is 83.6 Å². The molecule has 146 valence electrons. The fraction of sp³-hybridized carbons (Fsp3) is 0.227. The van der Waals surface area contributed by atoms with Crippen LogP contribution in [0.1, 0.15) is 34.7 Å². The smallest absolute Gasteiger partial charge is 0.287 e. The van der Waals surface area contributed by atoms with E-state index in [-0.39, 0.29) is 30.0 Å². The van der Waals surface area contributed by atoms with E-state index in [2.05, 4.69) is 5.32 Å². The zero-order valence-electron chi connectivity index (χ0n) is 15.8. The molecular formula is C22H22FNO4. The van der Waals surface area contributed by atoms with Gasteiger partial charge in [0.15, 0.2) is 5.76 Å². The third-order valence-electron chi connectivity index (χ3n) is 4.32. The highest BCUT2D eigenvalue weighted by atomic mass is 19.1. The molecule has 1 heterocycles. The summed E-state index contributed by atoms with van der Waals surface area (Å²) in [4.78, 5) is 12.3. The van der Waals surface area contributed by atoms with Crippen molar-refractivity contribution >= 4 is 5.91 Å². The highest BCUT2D eigenvalue weighted by Crippen LogP contribution is 2.20. The fourth-order valence-electron chi connectivity index (χ4n) is 2.67. The van der Waals surface area contributed by atoms with Gasteiger partial charge in [-0.3, -0.25) is 4.79 Å². The summed E-state index contributed by atoms with van der Waals surface area (Å²) in [5.74, 6) is 1.58. The lowest BCUT2D eigenvalue weighted by Crippen LogP contribution is -2.27. The molecule has 0 aliphatic heterocycles. The molecule has 5 nitrogen and oxygen atoms in total. The van der Waals surface area contributed by atoms with Gasteiger partial charge in [-0.15, -0.1) is 0 Å². The van der Waals surface area contributed by atoms with Gasteiger partial charge in [-0.25, -0.2) is 4.39 Å². The first-order chi connectivity index (χ1) is 13.5. The van der Waals surface area contributed by atoms with Crippen LogP contribution in [0.25, 0.3) is 0 Å². The van der Waals surface area contributed by atoms with Crippen LogP contribution in [0.3, 0.4) is 0 Å². The van der Waals surface area contributed by atoms with Crippen molar-refractivity contribution in [2.24, 2.45) is 0 Å². The van der Waals surface area contributed by atoms with Crippen LogP contribution in [-0.2, 0) is 6.61 Å². The quantitative estimate of drug-likeness (QED) is 0.620. The highest BCUT2D eigenvalue weighted by Gasteiger charge is 2.13. The van der Waals surface area contributed by atoms with Crippen LogP contribution in [-0.4, -0.2) is 19.6 Å². The Morgan fingerprint density at radius 1 is 1.11 bits per heavy atom. The molecule has 28 heavy (non-hydrogen) atoms. The number of hydrogen-bond donors (Lipinski definition) is 1. The van der Waals surface area contributed by atoms with Crippen LogP contribution in [0.5, 0.6) is 11.5 Å². The Bertz CT molecular complexity index is 920. The first-order valence-corrected chi connectivity index (χ1v) is 8.94. The lowest BCUT2D eigenvalue weighted by Gasteiger charge is -2.12. The number of nitrogens with one attached hydrogen (secondary N) is 1. The number of furan rings is 1. The monoisotopic (exact) mass is 383 g/mol. The van der Waals surface area contributed by atoms with Crippen molar-refractivity contribution < 1.29 is 23.1 Å². The number of carbonyl (C=O) groups excluding carboxylic acids is 1. The Labute approximate surface area is 163 Å². The van der Waals surface area contributed by atoms with Gasteiger partial charge < -0.3 is 19.2 Å². The largest absolute Gasteiger partial charge is 0.497 e. The molecule has 3 rings (SSSR count). The number of carbonyl (C=O) groups is 1.